The fraction of sp³-hybridized carbons (Fsp3) is 0.185. The molecule has 0 fully saturated rings. The van der Waals surface area contributed by atoms with Crippen molar-refractivity contribution in [3.63, 3.8) is 0 Å². The normalized spacial score (nSPS) is 21.0. The third kappa shape index (κ3) is 6.72. The summed E-state index contributed by atoms with van der Waals surface area (Å²) in [6.07, 6.45) is -0.570. The molecule has 0 saturated heterocycles. The number of hydrogen-bond donors (Lipinski definition) is 0. The Labute approximate surface area is 445 Å². The highest BCUT2D eigenvalue weighted by Gasteiger charge is 2.42. The van der Waals surface area contributed by atoms with E-state index in [1.807, 2.05) is 75.4 Å². The zero-order valence-electron chi connectivity index (χ0n) is 59.6. The smallest absolute Gasteiger partial charge is 0.269 e. The first-order valence-corrected chi connectivity index (χ1v) is 23.1. The molecule has 346 valence electrons. The van der Waals surface area contributed by atoms with E-state index in [1.54, 1.807) is 64.0 Å². The van der Waals surface area contributed by atoms with E-state index in [0.717, 1.165) is 22.3 Å². The lowest BCUT2D eigenvalue weighted by atomic mass is 9.62. The molecule has 0 amide bonds. The molecular formula is C65H55N5O. The molecule has 6 heteroatoms. The molecule has 6 nitrogen and oxygen atoms in total. The summed E-state index contributed by atoms with van der Waals surface area (Å²) in [7, 11) is 0. The molecule has 0 saturated carbocycles. The number of aromatic nitrogens is 5. The lowest BCUT2D eigenvalue weighted by Gasteiger charge is -2.43. The Morgan fingerprint density at radius 3 is 2.07 bits per heavy atom. The Kier molecular flexibility index (Phi) is 5.80. The summed E-state index contributed by atoms with van der Waals surface area (Å²) in [4.78, 5) is 9.49. The molecule has 0 unspecified atom stereocenters. The highest BCUT2D eigenvalue weighted by atomic mass is 16.5. The third-order valence-electron chi connectivity index (χ3n) is 13.6. The molecule has 71 heavy (non-hydrogen) atoms. The maximum atomic E-state index is 9.89. The third-order valence-corrected chi connectivity index (χ3v) is 13.6. The molecule has 0 atom stereocenters. The van der Waals surface area contributed by atoms with Gasteiger partial charge in [0, 0.05) is 68.5 Å². The van der Waals surface area contributed by atoms with Crippen molar-refractivity contribution in [1.82, 2.24) is 19.1 Å². The lowest BCUT2D eigenvalue weighted by Crippen LogP contribution is -2.34. The molecule has 13 rings (SSSR count). The minimum Gasteiger partial charge on any atom is -0.457 e. The quantitative estimate of drug-likeness (QED) is 0.128. The number of imidazole rings is 1. The van der Waals surface area contributed by atoms with Gasteiger partial charge in [0.1, 0.15) is 22.8 Å². The van der Waals surface area contributed by atoms with E-state index < -0.39 is 109 Å². The summed E-state index contributed by atoms with van der Waals surface area (Å²) >= 11 is 0. The molecule has 0 bridgehead atoms. The van der Waals surface area contributed by atoms with Crippen LogP contribution in [0.1, 0.15) is 106 Å². The van der Waals surface area contributed by atoms with Gasteiger partial charge in [0.15, 0.2) is 0 Å². The average molecular weight is 943 g/mol. The summed E-state index contributed by atoms with van der Waals surface area (Å²) in [6, 6.07) is 34.8. The summed E-state index contributed by atoms with van der Waals surface area (Å²) in [5.41, 5.74) is -4.50. The van der Waals surface area contributed by atoms with Crippen LogP contribution in [-0.2, 0) is 16.2 Å². The van der Waals surface area contributed by atoms with Crippen molar-refractivity contribution in [3.8, 4) is 73.2 Å². The van der Waals surface area contributed by atoms with Crippen LogP contribution in [0, 0.1) is 6.33 Å². The number of rotatable bonds is 5. The van der Waals surface area contributed by atoms with Crippen molar-refractivity contribution in [2.75, 3.05) is 0 Å². The average Bonchev–Trinajstić information content (AvgIpc) is 0.830. The fourth-order valence-electron chi connectivity index (χ4n) is 10.4. The minimum atomic E-state index is -4.43. The monoisotopic (exact) mass is 943 g/mol. The van der Waals surface area contributed by atoms with Crippen molar-refractivity contribution in [3.05, 3.63) is 205 Å². The fourth-order valence-corrected chi connectivity index (χ4v) is 10.4. The highest BCUT2D eigenvalue weighted by Crippen LogP contribution is 2.55. The molecule has 7 aromatic carbocycles. The van der Waals surface area contributed by atoms with Gasteiger partial charge in [0.2, 0.25) is 0 Å². The van der Waals surface area contributed by atoms with E-state index >= 15 is 0 Å². The van der Waals surface area contributed by atoms with Crippen molar-refractivity contribution in [1.29, 1.82) is 0 Å². The van der Waals surface area contributed by atoms with Crippen LogP contribution in [0.3, 0.4) is 0 Å². The van der Waals surface area contributed by atoms with Crippen molar-refractivity contribution in [2.45, 2.75) is 77.2 Å². The summed E-state index contributed by atoms with van der Waals surface area (Å²) in [5, 5.41) is -0.374. The second-order valence-electron chi connectivity index (χ2n) is 19.0. The van der Waals surface area contributed by atoms with E-state index in [9.17, 15) is 24.7 Å². The van der Waals surface area contributed by atoms with Gasteiger partial charge in [-0.15, -0.1) is 0 Å². The maximum Gasteiger partial charge on any atom is 0.269 e. The van der Waals surface area contributed by atoms with Crippen LogP contribution in [-0.4, -0.2) is 19.1 Å². The molecule has 0 radical (unpaired) electrons. The van der Waals surface area contributed by atoms with Crippen molar-refractivity contribution < 1.29 is 38.1 Å². The first-order valence-electron chi connectivity index (χ1n) is 33.6. The zero-order valence-corrected chi connectivity index (χ0v) is 38.6. The standard InChI is InChI=1S/C65H55N5O/c1-63(2,3)42-31-34-67-57(35-42)70-53-30-16-15-27-51(53)58-54(70)37-56(59-60(58)65(6,7)33-32-64(59,4)5)71-44-22-17-21-43(36-44)68-40-69-61-45(41-19-9-8-10-20-41)28-18-29-50(61)48-25-13-11-23-46(48)47-24-12-14-26-49(47)52-38-66-39-55(68)62(52)69/h8-31,34-39H,32-33H2,1-7H3/i4D3,5D3,6D3,7D3,8D,9D,10D,19D,20D,32D2,33D2. The largest absolute Gasteiger partial charge is 0.457 e. The van der Waals surface area contributed by atoms with E-state index in [1.165, 1.54) is 47.2 Å². The number of hydrogen-bond acceptors (Lipinski definition) is 3. The van der Waals surface area contributed by atoms with Gasteiger partial charge in [-0.05, 0) is 115 Å². The van der Waals surface area contributed by atoms with E-state index in [2.05, 4.69) is 6.33 Å². The summed E-state index contributed by atoms with van der Waals surface area (Å²) in [6.45, 7) is -10.7. The van der Waals surface area contributed by atoms with Gasteiger partial charge in [-0.1, -0.05) is 169 Å². The van der Waals surface area contributed by atoms with E-state index in [4.69, 9.17) is 18.8 Å². The zero-order chi connectivity index (χ0) is 66.3. The molecule has 0 N–H and O–H groups in total. The van der Waals surface area contributed by atoms with Gasteiger partial charge < -0.3 is 4.74 Å². The van der Waals surface area contributed by atoms with Crippen LogP contribution >= 0.6 is 0 Å². The van der Waals surface area contributed by atoms with Crippen LogP contribution in [0.5, 0.6) is 11.5 Å². The van der Waals surface area contributed by atoms with E-state index in [0.29, 0.717) is 33.4 Å². The van der Waals surface area contributed by atoms with Crippen LogP contribution in [0.2, 0.25) is 0 Å². The van der Waals surface area contributed by atoms with Gasteiger partial charge in [0.05, 0.1) is 34.8 Å². The highest BCUT2D eigenvalue weighted by molar-refractivity contribution is 6.12. The number of nitrogens with zero attached hydrogens (tertiary/aromatic N) is 5. The Balaban J connectivity index is 1.16. The second-order valence-corrected chi connectivity index (χ2v) is 19.0. The van der Waals surface area contributed by atoms with Crippen LogP contribution in [0.25, 0.3) is 94.5 Å². The van der Waals surface area contributed by atoms with Crippen LogP contribution in [0.15, 0.2) is 182 Å². The van der Waals surface area contributed by atoms with Gasteiger partial charge in [-0.2, -0.15) is 0 Å². The van der Waals surface area contributed by atoms with Crippen LogP contribution < -0.4 is 9.30 Å². The molecule has 2 aliphatic rings. The predicted octanol–water partition coefficient (Wildman–Crippen LogP) is 16.0. The van der Waals surface area contributed by atoms with Gasteiger partial charge in [0.25, 0.3) is 6.33 Å². The van der Waals surface area contributed by atoms with Crippen molar-refractivity contribution in [2.24, 2.45) is 0 Å². The van der Waals surface area contributed by atoms with E-state index in [-0.39, 0.29) is 44.8 Å². The minimum absolute atomic E-state index is 0.0229. The Hall–Kier alpha value is -8.09. The van der Waals surface area contributed by atoms with Gasteiger partial charge in [-0.3, -0.25) is 18.7 Å². The Morgan fingerprint density at radius 2 is 1.32 bits per heavy atom. The number of benzene rings is 7. The Bertz CT molecular complexity index is 4870. The number of para-hydroxylation sites is 2. The summed E-state index contributed by atoms with van der Waals surface area (Å²) < 4.78 is 208. The molecule has 4 aromatic heterocycles. The molecule has 0 spiro atoms. The lowest BCUT2D eigenvalue weighted by molar-refractivity contribution is -0.570. The number of ether oxygens (including phenoxy) is 1. The van der Waals surface area contributed by atoms with Gasteiger partial charge >= 0.3 is 0 Å². The number of fused-ring (bicyclic) bond motifs is 12. The Morgan fingerprint density at radius 1 is 0.662 bits per heavy atom. The molecule has 1 aliphatic carbocycles. The van der Waals surface area contributed by atoms with Gasteiger partial charge in [-0.25, -0.2) is 4.98 Å². The maximum absolute atomic E-state index is 9.89. The SMILES string of the molecule is [2H]c1c([2H])c([2H])c(-c2cccc3c2-[n+]2[c-]n(-c4cccc(Oc5cc6c(c7c5C(C([2H])([2H])[2H])(C([2H])([2H])[2H])C([2H])([2H])C([2H])([2H])C7(C([2H])([2H])[2H])C([2H])([2H])[2H])c5ccccc5n6-c5cc(C(C)(C)C)ccn5)c4)c4cncc(c42)-c2ccccc2-c2ccccc2-3)c([2H])c1[2H]. The first-order chi connectivity index (χ1) is 43.0. The molecular weight excluding hydrogens is 867 g/mol. The van der Waals surface area contributed by atoms with Crippen LogP contribution in [0.4, 0.5) is 0 Å². The second kappa shape index (κ2) is 15.7. The molecule has 5 heterocycles. The predicted molar refractivity (Wildman–Crippen MR) is 289 cm³/mol. The number of pyridine rings is 2. The topological polar surface area (TPSA) is 48.8 Å². The van der Waals surface area contributed by atoms with Crippen molar-refractivity contribution >= 4 is 32.8 Å². The summed E-state index contributed by atoms with van der Waals surface area (Å²) in [5.74, 6) is -0.894. The molecule has 1 aliphatic heterocycles. The molecule has 11 aromatic rings. The first kappa shape index (κ1) is 26.2.